The summed E-state index contributed by atoms with van der Waals surface area (Å²) >= 11 is 0. The molecule has 4 nitrogen and oxygen atoms in total. The van der Waals surface area contributed by atoms with Crippen molar-refractivity contribution in [1.29, 1.82) is 0 Å². The predicted octanol–water partition coefficient (Wildman–Crippen LogP) is 3.81. The number of carbonyl (C=O) groups excluding carboxylic acids is 2. The lowest BCUT2D eigenvalue weighted by Crippen LogP contribution is -2.31. The van der Waals surface area contributed by atoms with Gasteiger partial charge in [0.2, 0.25) is 5.91 Å². The summed E-state index contributed by atoms with van der Waals surface area (Å²) in [6.07, 6.45) is 3.67. The first-order valence-corrected chi connectivity index (χ1v) is 9.30. The topological polar surface area (TPSA) is 46.6 Å². The van der Waals surface area contributed by atoms with Crippen LogP contribution in [0.1, 0.15) is 40.7 Å². The summed E-state index contributed by atoms with van der Waals surface area (Å²) in [5.74, 6) is 0.160. The number of carbonyl (C=O) groups is 2. The van der Waals surface area contributed by atoms with Crippen molar-refractivity contribution >= 4 is 11.7 Å². The molecule has 1 aliphatic carbocycles. The van der Waals surface area contributed by atoms with Crippen LogP contribution in [0.4, 0.5) is 4.39 Å². The van der Waals surface area contributed by atoms with Crippen molar-refractivity contribution in [1.82, 2.24) is 4.90 Å². The van der Waals surface area contributed by atoms with Gasteiger partial charge in [0, 0.05) is 25.5 Å². The Morgan fingerprint density at radius 3 is 2.56 bits per heavy atom. The maximum Gasteiger partial charge on any atom is 0.222 e. The number of hydrogen-bond donors (Lipinski definition) is 0. The summed E-state index contributed by atoms with van der Waals surface area (Å²) in [4.78, 5) is 26.1. The van der Waals surface area contributed by atoms with Crippen molar-refractivity contribution in [2.45, 2.75) is 32.1 Å². The minimum Gasteiger partial charge on any atom is -0.492 e. The Hall–Kier alpha value is -2.69. The largest absolute Gasteiger partial charge is 0.492 e. The smallest absolute Gasteiger partial charge is 0.222 e. The van der Waals surface area contributed by atoms with Crippen LogP contribution in [0.15, 0.2) is 42.5 Å². The van der Waals surface area contributed by atoms with E-state index in [2.05, 4.69) is 0 Å². The normalized spacial score (nSPS) is 12.5. The van der Waals surface area contributed by atoms with Gasteiger partial charge in [-0.2, -0.15) is 0 Å². The molecule has 0 radical (unpaired) electrons. The van der Waals surface area contributed by atoms with Gasteiger partial charge in [0.1, 0.15) is 18.2 Å². The number of aryl methyl sites for hydroxylation is 2. The van der Waals surface area contributed by atoms with Crippen LogP contribution in [-0.2, 0) is 17.6 Å². The van der Waals surface area contributed by atoms with Crippen LogP contribution in [0.2, 0.25) is 0 Å². The molecule has 1 amide bonds. The van der Waals surface area contributed by atoms with E-state index in [9.17, 15) is 14.0 Å². The molecule has 0 fully saturated rings. The molecule has 2 aromatic rings. The highest BCUT2D eigenvalue weighted by molar-refractivity contribution is 5.98. The first-order valence-electron chi connectivity index (χ1n) is 9.30. The number of halogens is 1. The highest BCUT2D eigenvalue weighted by atomic mass is 19.1. The molecule has 27 heavy (non-hydrogen) atoms. The fourth-order valence-corrected chi connectivity index (χ4v) is 3.26. The van der Waals surface area contributed by atoms with Gasteiger partial charge in [-0.05, 0) is 60.7 Å². The molecule has 0 heterocycles. The fourth-order valence-electron chi connectivity index (χ4n) is 3.26. The number of hydrogen-bond acceptors (Lipinski definition) is 3. The Bertz CT molecular complexity index is 817. The summed E-state index contributed by atoms with van der Waals surface area (Å²) in [5, 5.41) is 0. The number of likely N-dealkylation sites (N-methyl/N-ethyl adjacent to an activating group) is 1. The Morgan fingerprint density at radius 1 is 1.04 bits per heavy atom. The van der Waals surface area contributed by atoms with Gasteiger partial charge in [-0.3, -0.25) is 9.59 Å². The highest BCUT2D eigenvalue weighted by Crippen LogP contribution is 2.23. The third-order valence-electron chi connectivity index (χ3n) is 4.92. The molecule has 0 aliphatic heterocycles. The highest BCUT2D eigenvalue weighted by Gasteiger charge is 2.16. The molecule has 0 spiro atoms. The van der Waals surface area contributed by atoms with Crippen molar-refractivity contribution in [3.05, 3.63) is 65.0 Å². The van der Waals surface area contributed by atoms with Crippen molar-refractivity contribution in [3.8, 4) is 5.75 Å². The lowest BCUT2D eigenvalue weighted by atomic mass is 10.0. The number of rotatable bonds is 8. The van der Waals surface area contributed by atoms with E-state index < -0.39 is 0 Å². The molecule has 0 aromatic heterocycles. The number of fused-ring (bicyclic) bond motifs is 1. The number of ketones is 1. The Kier molecular flexibility index (Phi) is 6.22. The Morgan fingerprint density at radius 2 is 1.78 bits per heavy atom. The molecule has 0 atom stereocenters. The lowest BCUT2D eigenvalue weighted by Gasteiger charge is -2.17. The molecule has 3 rings (SSSR count). The van der Waals surface area contributed by atoms with E-state index in [1.165, 1.54) is 23.3 Å². The second-order valence-corrected chi connectivity index (χ2v) is 6.88. The maximum atomic E-state index is 12.8. The quantitative estimate of drug-likeness (QED) is 0.665. The third kappa shape index (κ3) is 5.16. The van der Waals surface area contributed by atoms with Crippen LogP contribution in [-0.4, -0.2) is 36.8 Å². The summed E-state index contributed by atoms with van der Waals surface area (Å²) in [7, 11) is 1.69. The summed E-state index contributed by atoms with van der Waals surface area (Å²) < 4.78 is 18.3. The van der Waals surface area contributed by atoms with Crippen LogP contribution in [0.25, 0.3) is 0 Å². The van der Waals surface area contributed by atoms with Gasteiger partial charge in [-0.15, -0.1) is 0 Å². The van der Waals surface area contributed by atoms with Crippen LogP contribution in [0.3, 0.4) is 0 Å². The zero-order chi connectivity index (χ0) is 19.2. The number of amides is 1. The van der Waals surface area contributed by atoms with Gasteiger partial charge >= 0.3 is 0 Å². The minimum atomic E-state index is -0.317. The zero-order valence-electron chi connectivity index (χ0n) is 15.5. The molecule has 1 aliphatic rings. The molecular weight excluding hydrogens is 345 g/mol. The summed E-state index contributed by atoms with van der Waals surface area (Å²) in [6.45, 7) is 0.718. The van der Waals surface area contributed by atoms with Crippen molar-refractivity contribution < 1.29 is 18.7 Å². The first-order chi connectivity index (χ1) is 13.0. The summed E-state index contributed by atoms with van der Waals surface area (Å²) in [6, 6.07) is 11.6. The van der Waals surface area contributed by atoms with Crippen molar-refractivity contribution in [3.63, 3.8) is 0 Å². The second kappa shape index (κ2) is 8.80. The standard InChI is InChI=1S/C22H24FNO3/c1-24(13-14-27-20-9-7-19(23)8-10-20)22(26)12-11-21(25)18-6-5-16-3-2-4-17(16)15-18/h5-10,15H,2-4,11-14H2,1H3. The van der Waals surface area contributed by atoms with Gasteiger partial charge in [0.25, 0.3) is 0 Å². The number of nitrogens with zero attached hydrogens (tertiary/aromatic N) is 1. The number of ether oxygens (including phenoxy) is 1. The molecule has 0 saturated heterocycles. The van der Waals surface area contributed by atoms with Gasteiger partial charge in [0.15, 0.2) is 5.78 Å². The molecule has 0 N–H and O–H groups in total. The minimum absolute atomic E-state index is 0.00834. The van der Waals surface area contributed by atoms with E-state index >= 15 is 0 Å². The number of benzene rings is 2. The molecule has 142 valence electrons. The Labute approximate surface area is 158 Å². The van der Waals surface area contributed by atoms with Gasteiger partial charge < -0.3 is 9.64 Å². The molecule has 0 saturated carbocycles. The maximum absolute atomic E-state index is 12.8. The van der Waals surface area contributed by atoms with Crippen LogP contribution in [0.5, 0.6) is 5.75 Å². The number of Topliss-reactive ketones (excluding diaryl/α,β-unsaturated/α-hetero) is 1. The average Bonchev–Trinajstić information content (AvgIpc) is 3.15. The lowest BCUT2D eigenvalue weighted by molar-refractivity contribution is -0.130. The predicted molar refractivity (Wildman–Crippen MR) is 102 cm³/mol. The second-order valence-electron chi connectivity index (χ2n) is 6.88. The van der Waals surface area contributed by atoms with Crippen molar-refractivity contribution in [2.24, 2.45) is 0 Å². The van der Waals surface area contributed by atoms with Crippen LogP contribution in [0, 0.1) is 5.82 Å². The van der Waals surface area contributed by atoms with E-state index in [4.69, 9.17) is 4.74 Å². The summed E-state index contributed by atoms with van der Waals surface area (Å²) in [5.41, 5.74) is 3.30. The molecule has 0 unspecified atom stereocenters. The third-order valence-corrected chi connectivity index (χ3v) is 4.92. The van der Waals surface area contributed by atoms with E-state index in [0.29, 0.717) is 24.5 Å². The molecule has 0 bridgehead atoms. The SMILES string of the molecule is CN(CCOc1ccc(F)cc1)C(=O)CCC(=O)c1ccc2c(c1)CCC2. The molecule has 2 aromatic carbocycles. The average molecular weight is 369 g/mol. The zero-order valence-corrected chi connectivity index (χ0v) is 15.5. The van der Waals surface area contributed by atoms with E-state index in [-0.39, 0.29) is 30.3 Å². The van der Waals surface area contributed by atoms with Crippen molar-refractivity contribution in [2.75, 3.05) is 20.2 Å². The molecular formula is C22H24FNO3. The monoisotopic (exact) mass is 369 g/mol. The van der Waals surface area contributed by atoms with E-state index in [0.717, 1.165) is 19.3 Å². The fraction of sp³-hybridized carbons (Fsp3) is 0.364. The van der Waals surface area contributed by atoms with Crippen LogP contribution < -0.4 is 4.74 Å². The van der Waals surface area contributed by atoms with Gasteiger partial charge in [-0.1, -0.05) is 12.1 Å². The first kappa shape index (κ1) is 19.1. The van der Waals surface area contributed by atoms with E-state index in [1.54, 1.807) is 24.1 Å². The van der Waals surface area contributed by atoms with E-state index in [1.807, 2.05) is 18.2 Å². The van der Waals surface area contributed by atoms with Gasteiger partial charge in [-0.25, -0.2) is 4.39 Å². The Balaban J connectivity index is 1.41. The van der Waals surface area contributed by atoms with Gasteiger partial charge in [0.05, 0.1) is 6.54 Å². The molecule has 5 heteroatoms. The van der Waals surface area contributed by atoms with Crippen LogP contribution >= 0.6 is 0 Å².